The first-order chi connectivity index (χ1) is 6.72. The molecule has 1 rings (SSSR count). The van der Waals surface area contributed by atoms with Gasteiger partial charge >= 0.3 is 5.97 Å². The first-order valence-corrected chi connectivity index (χ1v) is 4.80. The molecule has 0 spiro atoms. The van der Waals surface area contributed by atoms with Crippen LogP contribution in [0.5, 0.6) is 0 Å². The number of pyridine rings is 1. The second-order valence-electron chi connectivity index (χ2n) is 3.00. The second kappa shape index (κ2) is 4.74. The Labute approximate surface area is 84.1 Å². The van der Waals surface area contributed by atoms with Crippen molar-refractivity contribution in [3.05, 3.63) is 29.1 Å². The number of aryl methyl sites for hydroxylation is 2. The number of hydrogen-bond donors (Lipinski definition) is 0. The molecule has 0 saturated heterocycles. The van der Waals surface area contributed by atoms with Crippen molar-refractivity contribution < 1.29 is 9.53 Å². The Kier molecular flexibility index (Phi) is 3.63. The van der Waals surface area contributed by atoms with Crippen LogP contribution in [0.1, 0.15) is 35.6 Å². The smallest absolute Gasteiger partial charge is 0.339 e. The van der Waals surface area contributed by atoms with Crippen LogP contribution in [-0.2, 0) is 17.6 Å². The molecule has 0 amide bonds. The van der Waals surface area contributed by atoms with Gasteiger partial charge in [-0.2, -0.15) is 0 Å². The van der Waals surface area contributed by atoms with Gasteiger partial charge in [-0.3, -0.25) is 4.98 Å². The molecular weight excluding hydrogens is 178 g/mol. The fraction of sp³-hybridized carbons (Fsp3) is 0.455. The van der Waals surface area contributed by atoms with E-state index >= 15 is 0 Å². The Hall–Kier alpha value is -1.38. The summed E-state index contributed by atoms with van der Waals surface area (Å²) >= 11 is 0. The van der Waals surface area contributed by atoms with Gasteiger partial charge < -0.3 is 4.74 Å². The highest BCUT2D eigenvalue weighted by atomic mass is 16.5. The normalized spacial score (nSPS) is 9.93. The van der Waals surface area contributed by atoms with Crippen LogP contribution in [0, 0.1) is 0 Å². The summed E-state index contributed by atoms with van der Waals surface area (Å²) in [6, 6.07) is 3.65. The molecule has 0 aromatic carbocycles. The van der Waals surface area contributed by atoms with Gasteiger partial charge in [0.25, 0.3) is 0 Å². The Morgan fingerprint density at radius 3 is 2.57 bits per heavy atom. The number of esters is 1. The van der Waals surface area contributed by atoms with E-state index in [9.17, 15) is 4.79 Å². The molecular formula is C11H15NO2. The van der Waals surface area contributed by atoms with E-state index in [1.165, 1.54) is 7.11 Å². The van der Waals surface area contributed by atoms with E-state index in [0.717, 1.165) is 24.2 Å². The fourth-order valence-electron chi connectivity index (χ4n) is 1.31. The molecule has 0 bridgehead atoms. The molecule has 76 valence electrons. The molecule has 14 heavy (non-hydrogen) atoms. The molecule has 0 radical (unpaired) electrons. The van der Waals surface area contributed by atoms with Crippen molar-refractivity contribution in [2.75, 3.05) is 7.11 Å². The minimum Gasteiger partial charge on any atom is -0.465 e. The lowest BCUT2D eigenvalue weighted by Crippen LogP contribution is -2.08. The minimum absolute atomic E-state index is 0.308. The number of hydrogen-bond acceptors (Lipinski definition) is 3. The average molecular weight is 193 g/mol. The topological polar surface area (TPSA) is 39.2 Å². The van der Waals surface area contributed by atoms with Crippen LogP contribution in [0.25, 0.3) is 0 Å². The van der Waals surface area contributed by atoms with E-state index in [1.807, 2.05) is 19.9 Å². The van der Waals surface area contributed by atoms with Crippen LogP contribution >= 0.6 is 0 Å². The van der Waals surface area contributed by atoms with Gasteiger partial charge in [-0.15, -0.1) is 0 Å². The second-order valence-corrected chi connectivity index (χ2v) is 3.00. The number of carbonyl (C=O) groups is 1. The zero-order valence-electron chi connectivity index (χ0n) is 8.83. The number of rotatable bonds is 3. The first-order valence-electron chi connectivity index (χ1n) is 4.80. The lowest BCUT2D eigenvalue weighted by atomic mass is 10.1. The summed E-state index contributed by atoms with van der Waals surface area (Å²) in [5.74, 6) is -0.308. The highest BCUT2D eigenvalue weighted by molar-refractivity contribution is 5.90. The summed E-state index contributed by atoms with van der Waals surface area (Å²) in [7, 11) is 1.38. The molecule has 0 unspecified atom stereocenters. The van der Waals surface area contributed by atoms with Gasteiger partial charge in [0.15, 0.2) is 0 Å². The van der Waals surface area contributed by atoms with Crippen LogP contribution in [-0.4, -0.2) is 18.1 Å². The highest BCUT2D eigenvalue weighted by Crippen LogP contribution is 2.10. The molecule has 0 atom stereocenters. The lowest BCUT2D eigenvalue weighted by molar-refractivity contribution is 0.0599. The average Bonchev–Trinajstić information content (AvgIpc) is 2.27. The van der Waals surface area contributed by atoms with E-state index in [1.54, 1.807) is 6.07 Å². The van der Waals surface area contributed by atoms with Crippen LogP contribution < -0.4 is 0 Å². The van der Waals surface area contributed by atoms with Gasteiger partial charge in [0.2, 0.25) is 0 Å². The molecule has 1 heterocycles. The fourth-order valence-corrected chi connectivity index (χ4v) is 1.31. The summed E-state index contributed by atoms with van der Waals surface area (Å²) in [5, 5.41) is 0. The molecule has 1 aromatic rings. The summed E-state index contributed by atoms with van der Waals surface area (Å²) in [4.78, 5) is 15.7. The molecule has 0 aliphatic heterocycles. The maximum Gasteiger partial charge on any atom is 0.339 e. The van der Waals surface area contributed by atoms with Gasteiger partial charge in [0, 0.05) is 5.69 Å². The Morgan fingerprint density at radius 2 is 2.07 bits per heavy atom. The Morgan fingerprint density at radius 1 is 1.36 bits per heavy atom. The lowest BCUT2D eigenvalue weighted by Gasteiger charge is -2.06. The van der Waals surface area contributed by atoms with Gasteiger partial charge in [-0.25, -0.2) is 4.79 Å². The molecule has 0 fully saturated rings. The molecule has 1 aromatic heterocycles. The monoisotopic (exact) mass is 193 g/mol. The molecule has 0 saturated carbocycles. The summed E-state index contributed by atoms with van der Waals surface area (Å²) < 4.78 is 4.67. The number of methoxy groups -OCH3 is 1. The third-order valence-electron chi connectivity index (χ3n) is 2.13. The summed E-state index contributed by atoms with van der Waals surface area (Å²) in [6.45, 7) is 4.02. The van der Waals surface area contributed by atoms with Crippen molar-refractivity contribution in [3.63, 3.8) is 0 Å². The van der Waals surface area contributed by atoms with Gasteiger partial charge in [-0.1, -0.05) is 13.8 Å². The van der Waals surface area contributed by atoms with Crippen molar-refractivity contribution in [3.8, 4) is 0 Å². The first kappa shape index (κ1) is 10.7. The van der Waals surface area contributed by atoms with Gasteiger partial charge in [0.1, 0.15) is 0 Å². The summed E-state index contributed by atoms with van der Waals surface area (Å²) in [5.41, 5.74) is 2.40. The number of aromatic nitrogens is 1. The minimum atomic E-state index is -0.308. The van der Waals surface area contributed by atoms with E-state index in [4.69, 9.17) is 0 Å². The Bertz CT molecular complexity index is 334. The third-order valence-corrected chi connectivity index (χ3v) is 2.13. The summed E-state index contributed by atoms with van der Waals surface area (Å²) in [6.07, 6.45) is 1.63. The number of ether oxygens (including phenoxy) is 1. The zero-order valence-corrected chi connectivity index (χ0v) is 8.83. The molecule has 0 aliphatic rings. The predicted octanol–water partition coefficient (Wildman–Crippen LogP) is 1.99. The van der Waals surface area contributed by atoms with Gasteiger partial charge in [-0.05, 0) is 25.0 Å². The molecule has 3 heteroatoms. The van der Waals surface area contributed by atoms with E-state index < -0.39 is 0 Å². The molecule has 0 aliphatic carbocycles. The number of nitrogens with zero attached hydrogens (tertiary/aromatic N) is 1. The van der Waals surface area contributed by atoms with Crippen LogP contribution in [0.4, 0.5) is 0 Å². The predicted molar refractivity (Wildman–Crippen MR) is 54.3 cm³/mol. The third kappa shape index (κ3) is 2.10. The highest BCUT2D eigenvalue weighted by Gasteiger charge is 2.11. The van der Waals surface area contributed by atoms with Crippen LogP contribution in [0.3, 0.4) is 0 Å². The quantitative estimate of drug-likeness (QED) is 0.689. The standard InChI is InChI=1S/C11H15NO2/c1-4-8-6-7-9(11(13)14-3)10(5-2)12-8/h6-7H,4-5H2,1-3H3. The van der Waals surface area contributed by atoms with Crippen molar-refractivity contribution in [2.24, 2.45) is 0 Å². The van der Waals surface area contributed by atoms with E-state index in [-0.39, 0.29) is 5.97 Å². The van der Waals surface area contributed by atoms with Crippen molar-refractivity contribution >= 4 is 5.97 Å². The SMILES string of the molecule is CCc1ccc(C(=O)OC)c(CC)n1. The van der Waals surface area contributed by atoms with E-state index in [0.29, 0.717) is 5.56 Å². The maximum absolute atomic E-state index is 11.3. The van der Waals surface area contributed by atoms with Gasteiger partial charge in [0.05, 0.1) is 18.4 Å². The van der Waals surface area contributed by atoms with Crippen LogP contribution in [0.15, 0.2) is 12.1 Å². The molecule has 3 nitrogen and oxygen atoms in total. The largest absolute Gasteiger partial charge is 0.465 e. The zero-order chi connectivity index (χ0) is 10.6. The van der Waals surface area contributed by atoms with E-state index in [2.05, 4.69) is 9.72 Å². The molecule has 0 N–H and O–H groups in total. The van der Waals surface area contributed by atoms with Crippen molar-refractivity contribution in [2.45, 2.75) is 26.7 Å². The van der Waals surface area contributed by atoms with Crippen molar-refractivity contribution in [1.82, 2.24) is 4.98 Å². The van der Waals surface area contributed by atoms with Crippen LogP contribution in [0.2, 0.25) is 0 Å². The Balaban J connectivity index is 3.11. The number of carbonyl (C=O) groups excluding carboxylic acids is 1. The maximum atomic E-state index is 11.3. The van der Waals surface area contributed by atoms with Crippen molar-refractivity contribution in [1.29, 1.82) is 0 Å².